The van der Waals surface area contributed by atoms with Crippen LogP contribution >= 0.6 is 91.8 Å². The molecular formula is C100H110Cl4N24O5S4. The lowest BCUT2D eigenvalue weighted by atomic mass is 9.99. The number of fused-ring (bicyclic) bond motifs is 12. The van der Waals surface area contributed by atoms with Gasteiger partial charge in [-0.05, 0) is 198 Å². The maximum Gasteiger partial charge on any atom is 0.222 e. The predicted octanol–water partition coefficient (Wildman–Crippen LogP) is 17.4. The quantitative estimate of drug-likeness (QED) is 0.0387. The van der Waals surface area contributed by atoms with E-state index >= 15 is 0 Å². The molecule has 0 bridgehead atoms. The first-order valence-corrected chi connectivity index (χ1v) is 50.8. The molecule has 0 radical (unpaired) electrons. The van der Waals surface area contributed by atoms with Crippen molar-refractivity contribution < 1.29 is 23.9 Å². The van der Waals surface area contributed by atoms with Gasteiger partial charge in [-0.1, -0.05) is 94.9 Å². The minimum atomic E-state index is -0.460. The number of nitrogens with one attached hydrogen (secondary N) is 4. The molecule has 6 aliphatic rings. The van der Waals surface area contributed by atoms with Gasteiger partial charge >= 0.3 is 0 Å². The number of nitrogens with zero attached hydrogens (tertiary/aromatic N) is 20. The molecule has 29 nitrogen and oxygen atoms in total. The summed E-state index contributed by atoms with van der Waals surface area (Å²) < 4.78 is 23.3. The number of rotatable bonds is 25. The molecule has 4 aromatic carbocycles. The molecule has 14 aromatic rings. The van der Waals surface area contributed by atoms with Crippen molar-refractivity contribution in [3.8, 4) is 20.0 Å². The summed E-state index contributed by atoms with van der Waals surface area (Å²) in [6.45, 7) is 37.9. The Labute approximate surface area is 832 Å². The summed E-state index contributed by atoms with van der Waals surface area (Å²) in [4.78, 5) is 68.7. The van der Waals surface area contributed by atoms with Gasteiger partial charge in [0.2, 0.25) is 17.7 Å². The lowest BCUT2D eigenvalue weighted by Crippen LogP contribution is -2.39. The zero-order valence-corrected chi connectivity index (χ0v) is 84.9. The van der Waals surface area contributed by atoms with Crippen molar-refractivity contribution in [3.05, 3.63) is 299 Å². The second-order valence-electron chi connectivity index (χ2n) is 34.6. The van der Waals surface area contributed by atoms with Crippen molar-refractivity contribution in [2.45, 2.75) is 146 Å². The lowest BCUT2D eigenvalue weighted by Gasteiger charge is -2.26. The second-order valence-corrected chi connectivity index (χ2v) is 41.1. The Balaban J connectivity index is 0.000000127. The highest BCUT2D eigenvalue weighted by molar-refractivity contribution is 7.16. The van der Waals surface area contributed by atoms with Gasteiger partial charge in [-0.15, -0.1) is 86.1 Å². The first kappa shape index (κ1) is 97.5. The molecular weight excluding hydrogens is 1890 g/mol. The molecule has 2 fully saturated rings. The molecule has 37 heteroatoms. The third-order valence-corrected chi connectivity index (χ3v) is 31.2. The van der Waals surface area contributed by atoms with Crippen LogP contribution in [0.2, 0.25) is 20.1 Å². The molecule has 0 aliphatic carbocycles. The highest BCUT2D eigenvalue weighted by atomic mass is 35.5. The summed E-state index contributed by atoms with van der Waals surface area (Å²) in [7, 11) is 0. The van der Waals surface area contributed by atoms with Crippen molar-refractivity contribution in [2.24, 2.45) is 20.0 Å². The van der Waals surface area contributed by atoms with Crippen molar-refractivity contribution >= 4 is 132 Å². The number of morpholine rings is 2. The van der Waals surface area contributed by atoms with Crippen molar-refractivity contribution in [1.82, 2.24) is 99.3 Å². The average molecular weight is 2000 g/mol. The Hall–Kier alpha value is -11.2. The molecule has 16 heterocycles. The summed E-state index contributed by atoms with van der Waals surface area (Å²) in [6, 6.07) is 37.7. The summed E-state index contributed by atoms with van der Waals surface area (Å²) in [5.74, 6) is 6.24. The number of benzene rings is 4. The number of amides is 3. The van der Waals surface area contributed by atoms with Crippen molar-refractivity contribution in [2.75, 3.05) is 98.4 Å². The molecule has 20 rings (SSSR count). The first-order chi connectivity index (χ1) is 66.3. The van der Waals surface area contributed by atoms with Crippen molar-refractivity contribution in [1.29, 1.82) is 0 Å². The van der Waals surface area contributed by atoms with Crippen LogP contribution in [0.3, 0.4) is 0 Å². The van der Waals surface area contributed by atoms with Gasteiger partial charge in [-0.25, -0.2) is 0 Å². The molecule has 3 amide bonds. The standard InChI is InChI=1S/C25H29ClN6O2S.C25H31ClN6OS.2C25H25ClN6OS/c1-15-16(2)35-25-22(15)23(18-4-6-19(26)7-5-18)28-20(24-30-29-17(3)32(24)25)14-27-21(33)8-9-31-10-12-34-13-11-31;1-16-17(2)34-25-22(16)23(19-5-7-20(26)8-6-19)28-21(24-30-29-18(3)32(24)25)15-27-9-4-10-31-11-13-33-14-12-31;1-15-16(2)34-25-22(15)23(18-6-8-19(26)9-7-18)28-20(24-30-29-17(3)32(24)25)14-21(33)27-10-13-31-11-4-5-12-31;1-15-16(2)34-25-22(15)23(18-6-8-19(26)9-7-18)28-20(24-30-29-17(3)32(24)25)14-27-21(33)10-13-31-11-4-5-12-31/h4-7,20H,8-14H2,1-3H3,(H,27,33);5-8,21,27H,4,9-15H2,1-3H3;2*4-9,11-12,20H,10,13-14H2,1-3H3,(H,27,33)/t20-;21-;2*20-/m0000/s1. The number of aliphatic imine (C=N–C) groups is 4. The molecule has 0 saturated carbocycles. The van der Waals surface area contributed by atoms with Gasteiger partial charge < -0.3 is 39.9 Å². The number of halogens is 4. The topological polar surface area (TPSA) is 306 Å². The van der Waals surface area contributed by atoms with E-state index in [0.29, 0.717) is 73.0 Å². The lowest BCUT2D eigenvalue weighted by molar-refractivity contribution is -0.122. The number of aromatic nitrogens is 14. The average Bonchev–Trinajstić information content (AvgIpc) is 1.60. The van der Waals surface area contributed by atoms with Crippen LogP contribution in [0.4, 0.5) is 0 Å². The fraction of sp³-hybridized carbons (Fsp3) is 0.370. The van der Waals surface area contributed by atoms with Gasteiger partial charge in [0.25, 0.3) is 0 Å². The number of thiophene rings is 4. The number of ether oxygens (including phenoxy) is 2. The monoisotopic (exact) mass is 1990 g/mol. The van der Waals surface area contributed by atoms with Crippen LogP contribution in [-0.2, 0) is 36.9 Å². The second kappa shape index (κ2) is 43.9. The van der Waals surface area contributed by atoms with Crippen molar-refractivity contribution in [3.63, 3.8) is 0 Å². The van der Waals surface area contributed by atoms with E-state index in [4.69, 9.17) is 75.8 Å². The van der Waals surface area contributed by atoms with Crippen LogP contribution in [0, 0.1) is 83.1 Å². The molecule has 137 heavy (non-hydrogen) atoms. The Morgan fingerprint density at radius 3 is 0.993 bits per heavy atom. The summed E-state index contributed by atoms with van der Waals surface area (Å²) in [5, 5.41) is 55.4. The van der Waals surface area contributed by atoms with Crippen LogP contribution in [0.5, 0.6) is 0 Å². The summed E-state index contributed by atoms with van der Waals surface area (Å²) in [6.07, 6.45) is 9.99. The summed E-state index contributed by atoms with van der Waals surface area (Å²) in [5.41, 5.74) is 16.8. The van der Waals surface area contributed by atoms with E-state index in [2.05, 4.69) is 158 Å². The molecule has 2 saturated heterocycles. The molecule has 6 aliphatic heterocycles. The Morgan fingerprint density at radius 2 is 0.650 bits per heavy atom. The Morgan fingerprint density at radius 1 is 0.350 bits per heavy atom. The Kier molecular flexibility index (Phi) is 31.2. The third-order valence-electron chi connectivity index (χ3n) is 25.4. The smallest absolute Gasteiger partial charge is 0.222 e. The minimum Gasteiger partial charge on any atom is -0.379 e. The highest BCUT2D eigenvalue weighted by Gasteiger charge is 2.38. The number of carbonyl (C=O) groups excluding carboxylic acids is 3. The highest BCUT2D eigenvalue weighted by Crippen LogP contribution is 2.45. The van der Waals surface area contributed by atoms with Crippen LogP contribution < -0.4 is 21.3 Å². The predicted molar refractivity (Wildman–Crippen MR) is 547 cm³/mol. The number of hydrogen-bond donors (Lipinski definition) is 4. The van der Waals surface area contributed by atoms with E-state index in [0.717, 1.165) is 206 Å². The van der Waals surface area contributed by atoms with Gasteiger partial charge in [0.1, 0.15) is 67.5 Å². The molecule has 712 valence electrons. The first-order valence-electron chi connectivity index (χ1n) is 46.1. The zero-order chi connectivity index (χ0) is 95.8. The molecule has 10 aromatic heterocycles. The minimum absolute atomic E-state index is 0.00793. The molecule has 0 spiro atoms. The fourth-order valence-corrected chi connectivity index (χ4v) is 22.9. The molecule has 4 N–H and O–H groups in total. The van der Waals surface area contributed by atoms with E-state index in [9.17, 15) is 14.4 Å². The SMILES string of the molecule is Cc1sc2c(c1C)C(c1ccc(Cl)cc1)=N[C@@H](CC(=O)NCCn1cccc1)c1nnc(C)n1-2.Cc1sc2c(c1C)C(c1ccc(Cl)cc1)=N[C@@H](CNC(=O)CCN1CCOCC1)c1nnc(C)n1-2.Cc1sc2c(c1C)C(c1ccc(Cl)cc1)=N[C@@H](CNC(=O)CCn1cccc1)c1nnc(C)n1-2.Cc1sc2c(c1C)C(c1ccc(Cl)cc1)=N[C@@H](CNCCCN1CCOCC1)c1nnc(C)n1-2. The normalized spacial score (nSPS) is 16.5. The fourth-order valence-electron chi connectivity index (χ4n) is 17.5. The molecule has 0 unspecified atom stereocenters. The van der Waals surface area contributed by atoms with E-state index in [1.165, 1.54) is 47.3 Å². The third kappa shape index (κ3) is 22.0. The number of aryl methyl sites for hydroxylation is 9. The summed E-state index contributed by atoms with van der Waals surface area (Å²) >= 11 is 31.6. The number of hydrogen-bond acceptors (Lipinski definition) is 24. The van der Waals surface area contributed by atoms with Gasteiger partial charge in [0.15, 0.2) is 23.3 Å². The van der Waals surface area contributed by atoms with Crippen LogP contribution in [-0.4, -0.2) is 217 Å². The van der Waals surface area contributed by atoms with E-state index < -0.39 is 6.04 Å². The van der Waals surface area contributed by atoms with Gasteiger partial charge in [0.05, 0.1) is 55.7 Å². The number of carbonyl (C=O) groups is 3. The van der Waals surface area contributed by atoms with E-state index in [1.54, 1.807) is 45.3 Å². The van der Waals surface area contributed by atoms with Crippen LogP contribution in [0.1, 0.15) is 183 Å². The van der Waals surface area contributed by atoms with E-state index in [-0.39, 0.29) is 42.3 Å². The molecule has 4 atom stereocenters. The largest absolute Gasteiger partial charge is 0.379 e. The van der Waals surface area contributed by atoms with Gasteiger partial charge in [-0.3, -0.25) is 62.4 Å². The maximum absolute atomic E-state index is 12.9. The van der Waals surface area contributed by atoms with Crippen LogP contribution in [0.25, 0.3) is 20.0 Å². The van der Waals surface area contributed by atoms with Gasteiger partial charge in [0, 0.05) is 194 Å². The van der Waals surface area contributed by atoms with Crippen LogP contribution in [0.15, 0.2) is 166 Å². The van der Waals surface area contributed by atoms with E-state index in [1.807, 2.05) is 171 Å². The maximum atomic E-state index is 12.9. The zero-order valence-electron chi connectivity index (χ0n) is 78.6. The Bertz CT molecular complexity index is 6780. The van der Waals surface area contributed by atoms with Gasteiger partial charge in [-0.2, -0.15) is 0 Å².